The first-order valence-corrected chi connectivity index (χ1v) is 13.1. The lowest BCUT2D eigenvalue weighted by molar-refractivity contribution is -0.146. The van der Waals surface area contributed by atoms with Crippen LogP contribution in [0.4, 0.5) is 0 Å². The summed E-state index contributed by atoms with van der Waals surface area (Å²) in [6.45, 7) is 5.54. The Morgan fingerprint density at radius 2 is 1.81 bits per heavy atom. The topological polar surface area (TPSA) is 95.5 Å². The largest absolute Gasteiger partial charge is 0.490 e. The van der Waals surface area contributed by atoms with E-state index in [1.54, 1.807) is 24.3 Å². The van der Waals surface area contributed by atoms with Crippen molar-refractivity contribution in [2.45, 2.75) is 44.9 Å². The van der Waals surface area contributed by atoms with Gasteiger partial charge in [0.2, 0.25) is 0 Å². The van der Waals surface area contributed by atoms with Crippen molar-refractivity contribution >= 4 is 39.2 Å². The molecule has 170 valence electrons. The minimum absolute atomic E-state index is 0.0324. The van der Waals surface area contributed by atoms with E-state index in [4.69, 9.17) is 21.1 Å². The minimum atomic E-state index is -3.39. The average molecular weight is 487 g/mol. The standard InChI is InChI=1S/C21H27ClN2O5S2/c1-4-5-10-31(26,27)14-19(12-28-18-8-6-17(22)7-9-18)29-20(25)13-30-21-23-15(2)11-16(3)24-21/h6-9,11,19H,4-5,10,12-14H2,1-3H3. The molecule has 31 heavy (non-hydrogen) atoms. The number of sulfone groups is 1. The van der Waals surface area contributed by atoms with E-state index in [2.05, 4.69) is 9.97 Å². The number of carbonyl (C=O) groups excluding carboxylic acids is 1. The normalized spacial score (nSPS) is 12.4. The highest BCUT2D eigenvalue weighted by Crippen LogP contribution is 2.18. The molecule has 1 unspecified atom stereocenters. The SMILES string of the molecule is CCCCS(=O)(=O)CC(COc1ccc(Cl)cc1)OC(=O)CSc1nc(C)cc(C)n1. The molecule has 0 saturated heterocycles. The highest BCUT2D eigenvalue weighted by molar-refractivity contribution is 7.99. The zero-order valence-electron chi connectivity index (χ0n) is 17.8. The van der Waals surface area contributed by atoms with E-state index in [9.17, 15) is 13.2 Å². The maximum absolute atomic E-state index is 12.4. The van der Waals surface area contributed by atoms with Crippen LogP contribution >= 0.6 is 23.4 Å². The molecular formula is C21H27ClN2O5S2. The van der Waals surface area contributed by atoms with E-state index in [0.717, 1.165) is 29.6 Å². The van der Waals surface area contributed by atoms with Crippen LogP contribution in [0.2, 0.25) is 5.02 Å². The predicted molar refractivity (Wildman–Crippen MR) is 123 cm³/mol. The van der Waals surface area contributed by atoms with Crippen LogP contribution in [0.5, 0.6) is 5.75 Å². The van der Waals surface area contributed by atoms with Crippen molar-refractivity contribution in [3.8, 4) is 5.75 Å². The van der Waals surface area contributed by atoms with Crippen LogP contribution < -0.4 is 4.74 Å². The molecular weight excluding hydrogens is 460 g/mol. The predicted octanol–water partition coefficient (Wildman–Crippen LogP) is 4.04. The van der Waals surface area contributed by atoms with Gasteiger partial charge in [-0.05, 0) is 50.6 Å². The molecule has 1 aromatic carbocycles. The molecule has 10 heteroatoms. The number of carbonyl (C=O) groups is 1. The molecule has 2 aromatic rings. The fraction of sp³-hybridized carbons (Fsp3) is 0.476. The van der Waals surface area contributed by atoms with Gasteiger partial charge in [0.05, 0.1) is 17.3 Å². The van der Waals surface area contributed by atoms with E-state index in [0.29, 0.717) is 22.3 Å². The fourth-order valence-electron chi connectivity index (χ4n) is 2.67. The number of aromatic nitrogens is 2. The van der Waals surface area contributed by atoms with E-state index in [1.807, 2.05) is 26.8 Å². The molecule has 2 rings (SSSR count). The maximum Gasteiger partial charge on any atom is 0.316 e. The summed E-state index contributed by atoms with van der Waals surface area (Å²) >= 11 is 7.01. The second kappa shape index (κ2) is 12.3. The third-order valence-electron chi connectivity index (χ3n) is 4.08. The molecule has 1 aromatic heterocycles. The van der Waals surface area contributed by atoms with Crippen molar-refractivity contribution in [1.82, 2.24) is 9.97 Å². The number of nitrogens with zero attached hydrogens (tertiary/aromatic N) is 2. The van der Waals surface area contributed by atoms with Crippen LogP contribution in [-0.4, -0.2) is 54.3 Å². The van der Waals surface area contributed by atoms with Gasteiger partial charge in [-0.3, -0.25) is 4.79 Å². The van der Waals surface area contributed by atoms with Gasteiger partial charge in [-0.25, -0.2) is 18.4 Å². The molecule has 7 nitrogen and oxygen atoms in total. The van der Waals surface area contributed by atoms with E-state index >= 15 is 0 Å². The number of hydrogen-bond donors (Lipinski definition) is 0. The van der Waals surface area contributed by atoms with Gasteiger partial charge in [-0.2, -0.15) is 0 Å². The average Bonchev–Trinajstić information content (AvgIpc) is 2.69. The molecule has 0 aliphatic heterocycles. The fourth-order valence-corrected chi connectivity index (χ4v) is 5.15. The highest BCUT2D eigenvalue weighted by Gasteiger charge is 2.24. The lowest BCUT2D eigenvalue weighted by Gasteiger charge is -2.19. The van der Waals surface area contributed by atoms with Gasteiger partial charge in [0, 0.05) is 16.4 Å². The Kier molecular flexibility index (Phi) is 10.1. The summed E-state index contributed by atoms with van der Waals surface area (Å²) < 4.78 is 35.9. The van der Waals surface area contributed by atoms with Crippen LogP contribution in [0, 0.1) is 13.8 Å². The third kappa shape index (κ3) is 9.88. The molecule has 0 N–H and O–H groups in total. The molecule has 0 amide bonds. The van der Waals surface area contributed by atoms with Gasteiger partial charge in [-0.1, -0.05) is 36.7 Å². The zero-order chi connectivity index (χ0) is 22.9. The van der Waals surface area contributed by atoms with Crippen LogP contribution in [0.3, 0.4) is 0 Å². The smallest absolute Gasteiger partial charge is 0.316 e. The first kappa shape index (κ1) is 25.4. The lowest BCUT2D eigenvalue weighted by Crippen LogP contribution is -2.33. The van der Waals surface area contributed by atoms with Gasteiger partial charge in [0.15, 0.2) is 15.0 Å². The van der Waals surface area contributed by atoms with E-state index < -0.39 is 21.9 Å². The van der Waals surface area contributed by atoms with Crippen molar-refractivity contribution in [2.75, 3.05) is 23.9 Å². The number of halogens is 1. The number of benzene rings is 1. The van der Waals surface area contributed by atoms with E-state index in [1.165, 1.54) is 0 Å². The second-order valence-electron chi connectivity index (χ2n) is 7.07. The van der Waals surface area contributed by atoms with Gasteiger partial charge < -0.3 is 9.47 Å². The number of esters is 1. The van der Waals surface area contributed by atoms with Crippen molar-refractivity contribution in [1.29, 1.82) is 0 Å². The molecule has 0 saturated carbocycles. The Bertz CT molecular complexity index is 948. The molecule has 1 atom stereocenters. The van der Waals surface area contributed by atoms with Crippen LogP contribution in [0.25, 0.3) is 0 Å². The number of unbranched alkanes of at least 4 members (excludes halogenated alkanes) is 1. The Hall–Kier alpha value is -1.84. The molecule has 0 spiro atoms. The first-order valence-electron chi connectivity index (χ1n) is 9.90. The summed E-state index contributed by atoms with van der Waals surface area (Å²) in [6, 6.07) is 8.50. The molecule has 1 heterocycles. The van der Waals surface area contributed by atoms with Gasteiger partial charge in [0.25, 0.3) is 0 Å². The van der Waals surface area contributed by atoms with Crippen molar-refractivity contribution in [3.63, 3.8) is 0 Å². The van der Waals surface area contributed by atoms with Crippen molar-refractivity contribution in [3.05, 3.63) is 46.7 Å². The number of aryl methyl sites for hydroxylation is 2. The van der Waals surface area contributed by atoms with Crippen LogP contribution in [-0.2, 0) is 19.4 Å². The van der Waals surface area contributed by atoms with Gasteiger partial charge in [0.1, 0.15) is 18.5 Å². The second-order valence-corrected chi connectivity index (χ2v) is 10.7. The first-order chi connectivity index (χ1) is 14.7. The minimum Gasteiger partial charge on any atom is -0.490 e. The molecule has 0 bridgehead atoms. The summed E-state index contributed by atoms with van der Waals surface area (Å²) in [5.74, 6) is -0.326. The quantitative estimate of drug-likeness (QED) is 0.252. The van der Waals surface area contributed by atoms with Crippen LogP contribution in [0.1, 0.15) is 31.2 Å². The van der Waals surface area contributed by atoms with Gasteiger partial charge in [-0.15, -0.1) is 0 Å². The monoisotopic (exact) mass is 486 g/mol. The van der Waals surface area contributed by atoms with E-state index in [-0.39, 0.29) is 23.9 Å². The Balaban J connectivity index is 1.99. The summed E-state index contributed by atoms with van der Waals surface area (Å²) in [6.07, 6.45) is 0.393. The number of thioether (sulfide) groups is 1. The Labute approximate surface area is 192 Å². The summed E-state index contributed by atoms with van der Waals surface area (Å²) in [5, 5.41) is 1.03. The van der Waals surface area contributed by atoms with Crippen LogP contribution in [0.15, 0.2) is 35.5 Å². The molecule has 0 aliphatic rings. The Morgan fingerprint density at radius 1 is 1.16 bits per heavy atom. The van der Waals surface area contributed by atoms with Crippen molar-refractivity contribution in [2.24, 2.45) is 0 Å². The number of ether oxygens (including phenoxy) is 2. The summed E-state index contributed by atoms with van der Waals surface area (Å²) in [5.41, 5.74) is 1.61. The molecule has 0 aliphatic carbocycles. The molecule has 0 radical (unpaired) electrons. The Morgan fingerprint density at radius 3 is 2.42 bits per heavy atom. The lowest BCUT2D eigenvalue weighted by atomic mass is 10.3. The zero-order valence-corrected chi connectivity index (χ0v) is 20.2. The number of hydrogen-bond acceptors (Lipinski definition) is 8. The summed E-state index contributed by atoms with van der Waals surface area (Å²) in [7, 11) is -3.39. The van der Waals surface area contributed by atoms with Crippen molar-refractivity contribution < 1.29 is 22.7 Å². The highest BCUT2D eigenvalue weighted by atomic mass is 35.5. The van der Waals surface area contributed by atoms with Gasteiger partial charge >= 0.3 is 5.97 Å². The maximum atomic E-state index is 12.4. The summed E-state index contributed by atoms with van der Waals surface area (Å²) in [4.78, 5) is 20.9. The third-order valence-corrected chi connectivity index (χ3v) is 6.94. The number of rotatable bonds is 12. The molecule has 0 fully saturated rings.